The van der Waals surface area contributed by atoms with Crippen LogP contribution in [0, 0.1) is 6.92 Å². The van der Waals surface area contributed by atoms with Gasteiger partial charge in [0.15, 0.2) is 5.78 Å². The SMILES string of the molecule is CC(=O)c1c(C)n(CCCO)c2c(C(C)(C)C)cc(C(=O)O)cc12. The van der Waals surface area contributed by atoms with Crippen molar-refractivity contribution in [3.63, 3.8) is 0 Å². The van der Waals surface area contributed by atoms with E-state index in [1.54, 1.807) is 12.1 Å². The van der Waals surface area contributed by atoms with Crippen LogP contribution in [0.2, 0.25) is 0 Å². The van der Waals surface area contributed by atoms with E-state index in [4.69, 9.17) is 0 Å². The Kier molecular flexibility index (Phi) is 4.85. The van der Waals surface area contributed by atoms with Crippen molar-refractivity contribution in [1.29, 1.82) is 0 Å². The molecule has 0 aliphatic heterocycles. The number of carboxylic acid groups (broad SMARTS) is 1. The number of aliphatic hydroxyl groups is 1. The molecule has 0 fully saturated rings. The fourth-order valence-corrected chi connectivity index (χ4v) is 3.26. The molecule has 1 aromatic carbocycles. The van der Waals surface area contributed by atoms with Crippen molar-refractivity contribution in [2.24, 2.45) is 0 Å². The molecular formula is C19H25NO4. The van der Waals surface area contributed by atoms with Crippen LogP contribution in [0.1, 0.15) is 66.1 Å². The van der Waals surface area contributed by atoms with E-state index in [1.807, 2.05) is 32.3 Å². The second-order valence-corrected chi connectivity index (χ2v) is 7.22. The summed E-state index contributed by atoms with van der Waals surface area (Å²) in [5.41, 5.74) is 3.08. The zero-order chi connectivity index (χ0) is 18.2. The Hall–Kier alpha value is -2.14. The maximum Gasteiger partial charge on any atom is 0.335 e. The molecule has 0 unspecified atom stereocenters. The van der Waals surface area contributed by atoms with Crippen LogP contribution in [0.4, 0.5) is 0 Å². The minimum atomic E-state index is -1.00. The zero-order valence-corrected chi connectivity index (χ0v) is 14.9. The van der Waals surface area contributed by atoms with Crippen LogP contribution in [0.5, 0.6) is 0 Å². The number of carboxylic acids is 1. The molecule has 2 aromatic rings. The summed E-state index contributed by atoms with van der Waals surface area (Å²) in [6.07, 6.45) is 0.576. The first-order valence-electron chi connectivity index (χ1n) is 8.12. The van der Waals surface area contributed by atoms with E-state index in [0.29, 0.717) is 23.9 Å². The predicted molar refractivity (Wildman–Crippen MR) is 94.0 cm³/mol. The monoisotopic (exact) mass is 331 g/mol. The highest BCUT2D eigenvalue weighted by Crippen LogP contribution is 2.36. The number of hydrogen-bond donors (Lipinski definition) is 2. The van der Waals surface area contributed by atoms with Gasteiger partial charge in [0.25, 0.3) is 0 Å². The lowest BCUT2D eigenvalue weighted by molar-refractivity contribution is 0.0696. The number of Topliss-reactive ketones (excluding diaryl/α,β-unsaturated/α-hetero) is 1. The van der Waals surface area contributed by atoms with Crippen molar-refractivity contribution in [1.82, 2.24) is 4.57 Å². The summed E-state index contributed by atoms with van der Waals surface area (Å²) in [5.74, 6) is -1.08. The quantitative estimate of drug-likeness (QED) is 0.822. The lowest BCUT2D eigenvalue weighted by atomic mass is 9.84. The molecule has 24 heavy (non-hydrogen) atoms. The lowest BCUT2D eigenvalue weighted by Gasteiger charge is -2.23. The van der Waals surface area contributed by atoms with Gasteiger partial charge in [-0.2, -0.15) is 0 Å². The minimum absolute atomic E-state index is 0.0621. The average Bonchev–Trinajstić information content (AvgIpc) is 2.74. The van der Waals surface area contributed by atoms with E-state index >= 15 is 0 Å². The van der Waals surface area contributed by atoms with Crippen LogP contribution in [-0.4, -0.2) is 33.1 Å². The molecular weight excluding hydrogens is 306 g/mol. The molecule has 0 atom stereocenters. The normalized spacial score (nSPS) is 11.9. The lowest BCUT2D eigenvalue weighted by Crippen LogP contribution is -2.15. The van der Waals surface area contributed by atoms with Gasteiger partial charge in [0.1, 0.15) is 0 Å². The van der Waals surface area contributed by atoms with Gasteiger partial charge >= 0.3 is 5.97 Å². The summed E-state index contributed by atoms with van der Waals surface area (Å²) in [6, 6.07) is 3.29. The smallest absolute Gasteiger partial charge is 0.335 e. The van der Waals surface area contributed by atoms with E-state index in [9.17, 15) is 19.8 Å². The summed E-state index contributed by atoms with van der Waals surface area (Å²) in [4.78, 5) is 23.7. The third-order valence-electron chi connectivity index (χ3n) is 4.36. The summed E-state index contributed by atoms with van der Waals surface area (Å²) in [5, 5.41) is 19.3. The van der Waals surface area contributed by atoms with Gasteiger partial charge in [0.05, 0.1) is 11.1 Å². The highest BCUT2D eigenvalue weighted by molar-refractivity contribution is 6.10. The molecule has 5 heteroatoms. The predicted octanol–water partition coefficient (Wildman–Crippen LogP) is 3.53. The van der Waals surface area contributed by atoms with Crippen LogP contribution in [0.25, 0.3) is 10.9 Å². The first kappa shape index (κ1) is 18.2. The number of aromatic carboxylic acids is 1. The number of fused-ring (bicyclic) bond motifs is 1. The van der Waals surface area contributed by atoms with Crippen molar-refractivity contribution in [2.75, 3.05) is 6.61 Å². The highest BCUT2D eigenvalue weighted by atomic mass is 16.4. The number of rotatable bonds is 5. The summed E-state index contributed by atoms with van der Waals surface area (Å²) in [6.45, 7) is 10.1. The van der Waals surface area contributed by atoms with E-state index in [0.717, 1.165) is 16.8 Å². The fraction of sp³-hybridized carbons (Fsp3) is 0.474. The Morgan fingerprint density at radius 1 is 1.21 bits per heavy atom. The van der Waals surface area contributed by atoms with Crippen molar-refractivity contribution in [3.05, 3.63) is 34.5 Å². The van der Waals surface area contributed by atoms with Crippen molar-refractivity contribution in [2.45, 2.75) is 53.0 Å². The van der Waals surface area contributed by atoms with Gasteiger partial charge in [-0.3, -0.25) is 4.79 Å². The molecule has 0 bridgehead atoms. The number of aliphatic hydroxyl groups excluding tert-OH is 1. The third kappa shape index (κ3) is 3.08. The Bertz CT molecular complexity index is 809. The Balaban J connectivity index is 2.99. The molecule has 0 spiro atoms. The summed E-state index contributed by atoms with van der Waals surface area (Å²) >= 11 is 0. The molecule has 0 saturated heterocycles. The van der Waals surface area contributed by atoms with E-state index in [2.05, 4.69) is 0 Å². The average molecular weight is 331 g/mol. The molecule has 130 valence electrons. The number of nitrogens with zero attached hydrogens (tertiary/aromatic N) is 1. The molecule has 0 saturated carbocycles. The van der Waals surface area contributed by atoms with Crippen molar-refractivity contribution >= 4 is 22.7 Å². The van der Waals surface area contributed by atoms with E-state index in [1.165, 1.54) is 6.92 Å². The molecule has 0 amide bonds. The number of aromatic nitrogens is 1. The number of benzene rings is 1. The first-order valence-corrected chi connectivity index (χ1v) is 8.12. The molecule has 5 nitrogen and oxygen atoms in total. The van der Waals surface area contributed by atoms with Crippen molar-refractivity contribution in [3.8, 4) is 0 Å². The molecule has 0 radical (unpaired) electrons. The van der Waals surface area contributed by atoms with Gasteiger partial charge in [-0.15, -0.1) is 0 Å². The molecule has 2 N–H and O–H groups in total. The van der Waals surface area contributed by atoms with Gasteiger partial charge < -0.3 is 14.8 Å². The second kappa shape index (κ2) is 6.40. The molecule has 1 heterocycles. The molecule has 2 rings (SSSR count). The second-order valence-electron chi connectivity index (χ2n) is 7.22. The first-order chi connectivity index (χ1) is 11.1. The number of carbonyl (C=O) groups excluding carboxylic acids is 1. The summed E-state index contributed by atoms with van der Waals surface area (Å²) in [7, 11) is 0. The highest BCUT2D eigenvalue weighted by Gasteiger charge is 2.26. The van der Waals surface area contributed by atoms with Gasteiger partial charge in [0, 0.05) is 29.8 Å². The third-order valence-corrected chi connectivity index (χ3v) is 4.36. The van der Waals surface area contributed by atoms with Crippen LogP contribution in [-0.2, 0) is 12.0 Å². The van der Waals surface area contributed by atoms with Crippen LogP contribution in [0.15, 0.2) is 12.1 Å². The molecule has 0 aliphatic rings. The Morgan fingerprint density at radius 2 is 1.83 bits per heavy atom. The largest absolute Gasteiger partial charge is 0.478 e. The maximum absolute atomic E-state index is 12.2. The van der Waals surface area contributed by atoms with Gasteiger partial charge in [-0.1, -0.05) is 20.8 Å². The fourth-order valence-electron chi connectivity index (χ4n) is 3.26. The Morgan fingerprint density at radius 3 is 2.29 bits per heavy atom. The standard InChI is InChI=1S/C19H25NO4/c1-11-16(12(2)22)14-9-13(18(23)24)10-15(19(3,4)5)17(14)20(11)7-6-8-21/h9-10,21H,6-8H2,1-5H3,(H,23,24). The topological polar surface area (TPSA) is 79.5 Å². The van der Waals surface area contributed by atoms with Crippen LogP contribution in [0.3, 0.4) is 0 Å². The zero-order valence-electron chi connectivity index (χ0n) is 14.9. The summed E-state index contributed by atoms with van der Waals surface area (Å²) < 4.78 is 2.04. The number of ketones is 1. The van der Waals surface area contributed by atoms with Crippen molar-refractivity contribution < 1.29 is 19.8 Å². The molecule has 0 aliphatic carbocycles. The van der Waals surface area contributed by atoms with Gasteiger partial charge in [-0.25, -0.2) is 4.79 Å². The maximum atomic E-state index is 12.2. The number of aryl methyl sites for hydroxylation is 1. The Labute approximate surface area is 141 Å². The number of hydrogen-bond acceptors (Lipinski definition) is 3. The molecule has 1 aromatic heterocycles. The van der Waals surface area contributed by atoms with Gasteiger partial charge in [0.2, 0.25) is 0 Å². The minimum Gasteiger partial charge on any atom is -0.478 e. The van der Waals surface area contributed by atoms with Gasteiger partial charge in [-0.05, 0) is 43.4 Å². The van der Waals surface area contributed by atoms with Crippen LogP contribution >= 0.6 is 0 Å². The van der Waals surface area contributed by atoms with E-state index < -0.39 is 5.97 Å². The van der Waals surface area contributed by atoms with E-state index in [-0.39, 0.29) is 23.4 Å². The number of carbonyl (C=O) groups is 2. The van der Waals surface area contributed by atoms with Crippen LogP contribution < -0.4 is 0 Å².